The molecule has 0 amide bonds. The fraction of sp³-hybridized carbons (Fsp3) is 0.364. The first-order valence-corrected chi connectivity index (χ1v) is 5.81. The van der Waals surface area contributed by atoms with Crippen LogP contribution >= 0.6 is 11.8 Å². The van der Waals surface area contributed by atoms with Gasteiger partial charge in [0.05, 0.1) is 12.2 Å². The van der Waals surface area contributed by atoms with Gasteiger partial charge in [0.1, 0.15) is 0 Å². The van der Waals surface area contributed by atoms with Crippen LogP contribution in [0.1, 0.15) is 23.7 Å². The summed E-state index contributed by atoms with van der Waals surface area (Å²) in [7, 11) is 0. The molecule has 1 aromatic carbocycles. The van der Waals surface area contributed by atoms with E-state index in [1.807, 2.05) is 31.4 Å². The molecule has 0 saturated carbocycles. The second-order valence-corrected chi connectivity index (χ2v) is 3.75. The summed E-state index contributed by atoms with van der Waals surface area (Å²) in [6, 6.07) is 7.47. The van der Waals surface area contributed by atoms with Gasteiger partial charge >= 0.3 is 5.97 Å². The lowest BCUT2D eigenvalue weighted by Crippen LogP contribution is -2.05. The van der Waals surface area contributed by atoms with Crippen molar-refractivity contribution in [2.75, 3.05) is 12.9 Å². The van der Waals surface area contributed by atoms with Gasteiger partial charge in [-0.05, 0) is 30.9 Å². The average molecular weight is 210 g/mol. The van der Waals surface area contributed by atoms with Crippen molar-refractivity contribution in [2.24, 2.45) is 0 Å². The minimum Gasteiger partial charge on any atom is -0.462 e. The van der Waals surface area contributed by atoms with E-state index in [-0.39, 0.29) is 5.97 Å². The highest BCUT2D eigenvalue weighted by molar-refractivity contribution is 7.98. The van der Waals surface area contributed by atoms with Gasteiger partial charge in [-0.1, -0.05) is 13.0 Å². The number of rotatable bonds is 4. The number of thioether (sulfide) groups is 1. The molecule has 0 radical (unpaired) electrons. The molecule has 0 heterocycles. The van der Waals surface area contributed by atoms with Gasteiger partial charge in [-0.15, -0.1) is 11.8 Å². The smallest absolute Gasteiger partial charge is 0.338 e. The Hall–Kier alpha value is -0.960. The Labute approximate surface area is 88.7 Å². The predicted molar refractivity (Wildman–Crippen MR) is 58.8 cm³/mol. The van der Waals surface area contributed by atoms with E-state index in [4.69, 9.17) is 4.74 Å². The Balaban J connectivity index is 2.69. The first-order chi connectivity index (χ1) is 6.77. The summed E-state index contributed by atoms with van der Waals surface area (Å²) < 4.78 is 5.03. The van der Waals surface area contributed by atoms with Crippen molar-refractivity contribution < 1.29 is 9.53 Å². The second kappa shape index (κ2) is 5.70. The number of hydrogen-bond acceptors (Lipinski definition) is 3. The molecule has 0 aliphatic carbocycles. The van der Waals surface area contributed by atoms with E-state index in [1.165, 1.54) is 0 Å². The summed E-state index contributed by atoms with van der Waals surface area (Å²) in [5.41, 5.74) is 0.630. The van der Waals surface area contributed by atoms with Crippen LogP contribution in [-0.4, -0.2) is 18.8 Å². The van der Waals surface area contributed by atoms with Crippen LogP contribution in [-0.2, 0) is 4.74 Å². The third-order valence-corrected chi connectivity index (χ3v) is 2.47. The van der Waals surface area contributed by atoms with Gasteiger partial charge in [-0.25, -0.2) is 4.79 Å². The maximum atomic E-state index is 11.4. The molecule has 0 spiro atoms. The molecule has 1 aromatic rings. The zero-order chi connectivity index (χ0) is 10.4. The number of esters is 1. The third-order valence-electron chi connectivity index (χ3n) is 1.74. The fourth-order valence-corrected chi connectivity index (χ4v) is 1.49. The zero-order valence-corrected chi connectivity index (χ0v) is 9.26. The number of hydrogen-bond donors (Lipinski definition) is 0. The summed E-state index contributed by atoms with van der Waals surface area (Å²) in [6.07, 6.45) is 2.84. The largest absolute Gasteiger partial charge is 0.462 e. The lowest BCUT2D eigenvalue weighted by Gasteiger charge is -2.03. The van der Waals surface area contributed by atoms with E-state index in [0.717, 1.165) is 11.3 Å². The SMILES string of the molecule is CCCOC(=O)c1cccc(SC)c1. The van der Waals surface area contributed by atoms with Gasteiger partial charge in [-0.3, -0.25) is 0 Å². The van der Waals surface area contributed by atoms with E-state index >= 15 is 0 Å². The maximum Gasteiger partial charge on any atom is 0.338 e. The standard InChI is InChI=1S/C11H14O2S/c1-3-7-13-11(12)9-5-4-6-10(8-9)14-2/h4-6,8H,3,7H2,1-2H3. The summed E-state index contributed by atoms with van der Waals surface area (Å²) in [4.78, 5) is 12.5. The summed E-state index contributed by atoms with van der Waals surface area (Å²) in [5, 5.41) is 0. The summed E-state index contributed by atoms with van der Waals surface area (Å²) >= 11 is 1.62. The molecular formula is C11H14O2S. The number of ether oxygens (including phenoxy) is 1. The topological polar surface area (TPSA) is 26.3 Å². The number of carbonyl (C=O) groups excluding carboxylic acids is 1. The summed E-state index contributed by atoms with van der Waals surface area (Å²) in [5.74, 6) is -0.234. The molecule has 0 N–H and O–H groups in total. The van der Waals surface area contributed by atoms with Gasteiger partial charge < -0.3 is 4.74 Å². The Kier molecular flexibility index (Phi) is 4.53. The van der Waals surface area contributed by atoms with Crippen LogP contribution in [0.5, 0.6) is 0 Å². The molecule has 0 aliphatic heterocycles. The van der Waals surface area contributed by atoms with Gasteiger partial charge in [-0.2, -0.15) is 0 Å². The minimum atomic E-state index is -0.234. The Morgan fingerprint density at radius 3 is 2.93 bits per heavy atom. The van der Waals surface area contributed by atoms with Gasteiger partial charge in [0, 0.05) is 4.90 Å². The van der Waals surface area contributed by atoms with Gasteiger partial charge in [0.15, 0.2) is 0 Å². The molecule has 1 rings (SSSR count). The Morgan fingerprint density at radius 1 is 1.50 bits per heavy atom. The first-order valence-electron chi connectivity index (χ1n) is 4.59. The number of benzene rings is 1. The van der Waals surface area contributed by atoms with Crippen molar-refractivity contribution in [1.82, 2.24) is 0 Å². The lowest BCUT2D eigenvalue weighted by atomic mass is 10.2. The molecule has 0 aliphatic rings. The van der Waals surface area contributed by atoms with Crippen molar-refractivity contribution >= 4 is 17.7 Å². The van der Waals surface area contributed by atoms with Crippen LogP contribution < -0.4 is 0 Å². The highest BCUT2D eigenvalue weighted by Gasteiger charge is 2.06. The molecule has 0 fully saturated rings. The fourth-order valence-electron chi connectivity index (χ4n) is 1.03. The molecule has 0 unspecified atom stereocenters. The van der Waals surface area contributed by atoms with Crippen LogP contribution in [0.15, 0.2) is 29.2 Å². The van der Waals surface area contributed by atoms with Gasteiger partial charge in [0.25, 0.3) is 0 Å². The van der Waals surface area contributed by atoms with Crippen molar-refractivity contribution in [3.05, 3.63) is 29.8 Å². The van der Waals surface area contributed by atoms with Crippen LogP contribution in [0.4, 0.5) is 0 Å². The van der Waals surface area contributed by atoms with E-state index < -0.39 is 0 Å². The molecule has 0 bridgehead atoms. The maximum absolute atomic E-state index is 11.4. The Bertz CT molecular complexity index is 310. The normalized spacial score (nSPS) is 9.86. The Morgan fingerprint density at radius 2 is 2.29 bits per heavy atom. The highest BCUT2D eigenvalue weighted by atomic mass is 32.2. The average Bonchev–Trinajstić information content (AvgIpc) is 2.26. The minimum absolute atomic E-state index is 0.234. The molecule has 2 nitrogen and oxygen atoms in total. The molecular weight excluding hydrogens is 196 g/mol. The number of carbonyl (C=O) groups is 1. The van der Waals surface area contributed by atoms with E-state index in [9.17, 15) is 4.79 Å². The molecule has 0 aromatic heterocycles. The van der Waals surface area contributed by atoms with E-state index in [2.05, 4.69) is 0 Å². The van der Waals surface area contributed by atoms with Crippen LogP contribution in [0, 0.1) is 0 Å². The van der Waals surface area contributed by atoms with E-state index in [0.29, 0.717) is 12.2 Å². The molecule has 14 heavy (non-hydrogen) atoms. The highest BCUT2D eigenvalue weighted by Crippen LogP contribution is 2.16. The first kappa shape index (κ1) is 11.1. The second-order valence-electron chi connectivity index (χ2n) is 2.87. The van der Waals surface area contributed by atoms with Crippen LogP contribution in [0.2, 0.25) is 0 Å². The molecule has 0 saturated heterocycles. The quantitative estimate of drug-likeness (QED) is 0.564. The van der Waals surface area contributed by atoms with Crippen LogP contribution in [0.3, 0.4) is 0 Å². The monoisotopic (exact) mass is 210 g/mol. The molecule has 76 valence electrons. The van der Waals surface area contributed by atoms with Crippen LogP contribution in [0.25, 0.3) is 0 Å². The predicted octanol–water partition coefficient (Wildman–Crippen LogP) is 2.98. The summed E-state index contributed by atoms with van der Waals surface area (Å²) in [6.45, 7) is 2.47. The van der Waals surface area contributed by atoms with Gasteiger partial charge in [0.2, 0.25) is 0 Å². The lowest BCUT2D eigenvalue weighted by molar-refractivity contribution is 0.0505. The van der Waals surface area contributed by atoms with Crippen molar-refractivity contribution in [3.63, 3.8) is 0 Å². The van der Waals surface area contributed by atoms with E-state index in [1.54, 1.807) is 17.8 Å². The van der Waals surface area contributed by atoms with Crippen molar-refractivity contribution in [2.45, 2.75) is 18.2 Å². The molecule has 0 atom stereocenters. The molecule has 3 heteroatoms. The zero-order valence-electron chi connectivity index (χ0n) is 8.45. The third kappa shape index (κ3) is 3.07. The van der Waals surface area contributed by atoms with Crippen molar-refractivity contribution in [3.8, 4) is 0 Å². The van der Waals surface area contributed by atoms with Crippen molar-refractivity contribution in [1.29, 1.82) is 0 Å².